The molecule has 0 bridgehead atoms. The van der Waals surface area contributed by atoms with Crippen molar-refractivity contribution in [2.75, 3.05) is 19.8 Å². The number of carboxylic acids is 1. The summed E-state index contributed by atoms with van der Waals surface area (Å²) >= 11 is 0. The molecule has 5 nitrogen and oxygen atoms in total. The smallest absolute Gasteiger partial charge is 0.364 e. The predicted molar refractivity (Wildman–Crippen MR) is 47.8 cm³/mol. The monoisotopic (exact) mass is 204 g/mol. The van der Waals surface area contributed by atoms with Gasteiger partial charge in [-0.3, -0.25) is 0 Å². The molecule has 82 valence electrons. The molecular formula is C9H16O5. The van der Waals surface area contributed by atoms with E-state index in [0.29, 0.717) is 19.6 Å². The number of hydrogen-bond acceptors (Lipinski definition) is 4. The Morgan fingerprint density at radius 3 is 2.50 bits per heavy atom. The van der Waals surface area contributed by atoms with Gasteiger partial charge in [0.15, 0.2) is 0 Å². The summed E-state index contributed by atoms with van der Waals surface area (Å²) in [4.78, 5) is 10.7. The molecule has 1 fully saturated rings. The fourth-order valence-electron chi connectivity index (χ4n) is 1.31. The lowest BCUT2D eigenvalue weighted by Crippen LogP contribution is -2.47. The molecule has 1 saturated heterocycles. The van der Waals surface area contributed by atoms with Crippen molar-refractivity contribution in [1.82, 2.24) is 0 Å². The van der Waals surface area contributed by atoms with E-state index >= 15 is 0 Å². The zero-order valence-corrected chi connectivity index (χ0v) is 8.23. The van der Waals surface area contributed by atoms with Gasteiger partial charge in [0.05, 0.1) is 13.2 Å². The summed E-state index contributed by atoms with van der Waals surface area (Å²) in [6.45, 7) is 2.30. The van der Waals surface area contributed by atoms with Gasteiger partial charge in [-0.1, -0.05) is 0 Å². The second-order valence-electron chi connectivity index (χ2n) is 3.60. The van der Waals surface area contributed by atoms with E-state index in [1.54, 1.807) is 0 Å². The maximum Gasteiger partial charge on any atom is 0.364 e. The molecular weight excluding hydrogens is 188 g/mol. The van der Waals surface area contributed by atoms with Gasteiger partial charge in [-0.05, 0) is 12.8 Å². The van der Waals surface area contributed by atoms with Crippen LogP contribution in [0, 0.1) is 5.92 Å². The molecule has 0 aromatic heterocycles. The van der Waals surface area contributed by atoms with E-state index < -0.39 is 11.8 Å². The first-order valence-electron chi connectivity index (χ1n) is 4.70. The summed E-state index contributed by atoms with van der Waals surface area (Å²) in [5.41, 5.74) is 0. The van der Waals surface area contributed by atoms with Crippen molar-refractivity contribution in [3.05, 3.63) is 0 Å². The standard InChI is InChI=1S/C9H16O5/c1-9(8(11)12)13-5-7(6-14-9)3-2-4-10/h7,10H,2-6H2,1H3,(H,11,12). The number of aliphatic hydroxyl groups is 1. The molecule has 14 heavy (non-hydrogen) atoms. The van der Waals surface area contributed by atoms with Crippen LogP contribution in [0.3, 0.4) is 0 Å². The third-order valence-corrected chi connectivity index (χ3v) is 2.35. The van der Waals surface area contributed by atoms with Crippen LogP contribution >= 0.6 is 0 Å². The zero-order valence-electron chi connectivity index (χ0n) is 8.23. The van der Waals surface area contributed by atoms with Crippen LogP contribution in [0.15, 0.2) is 0 Å². The Labute approximate surface area is 82.6 Å². The summed E-state index contributed by atoms with van der Waals surface area (Å²) in [6.07, 6.45) is 1.49. The molecule has 1 heterocycles. The summed E-state index contributed by atoms with van der Waals surface area (Å²) in [7, 11) is 0. The van der Waals surface area contributed by atoms with Crippen molar-refractivity contribution in [1.29, 1.82) is 0 Å². The second kappa shape index (κ2) is 4.72. The van der Waals surface area contributed by atoms with Crippen molar-refractivity contribution < 1.29 is 24.5 Å². The molecule has 5 heteroatoms. The minimum atomic E-state index is -1.49. The lowest BCUT2D eigenvalue weighted by molar-refractivity contribution is -0.271. The van der Waals surface area contributed by atoms with E-state index in [0.717, 1.165) is 6.42 Å². The SMILES string of the molecule is CC1(C(=O)O)OCC(CCCO)CO1. The highest BCUT2D eigenvalue weighted by atomic mass is 16.7. The molecule has 0 aliphatic carbocycles. The van der Waals surface area contributed by atoms with E-state index in [-0.39, 0.29) is 12.5 Å². The Morgan fingerprint density at radius 2 is 2.07 bits per heavy atom. The number of carbonyl (C=O) groups is 1. The van der Waals surface area contributed by atoms with E-state index in [2.05, 4.69) is 0 Å². The first-order chi connectivity index (χ1) is 6.58. The van der Waals surface area contributed by atoms with Gasteiger partial charge in [0.2, 0.25) is 0 Å². The molecule has 2 N–H and O–H groups in total. The highest BCUT2D eigenvalue weighted by molar-refractivity contribution is 5.75. The molecule has 1 rings (SSSR count). The summed E-state index contributed by atoms with van der Waals surface area (Å²) in [5, 5.41) is 17.4. The molecule has 1 aliphatic heterocycles. The minimum Gasteiger partial charge on any atom is -0.477 e. The first kappa shape index (κ1) is 11.4. The fraction of sp³-hybridized carbons (Fsp3) is 0.889. The number of aliphatic hydroxyl groups excluding tert-OH is 1. The Kier molecular flexibility index (Phi) is 3.86. The average Bonchev–Trinajstić information content (AvgIpc) is 2.17. The van der Waals surface area contributed by atoms with Gasteiger partial charge in [0.25, 0.3) is 5.79 Å². The largest absolute Gasteiger partial charge is 0.477 e. The van der Waals surface area contributed by atoms with Gasteiger partial charge < -0.3 is 19.7 Å². The quantitative estimate of drug-likeness (QED) is 0.685. The third-order valence-electron chi connectivity index (χ3n) is 2.35. The maximum atomic E-state index is 10.7. The zero-order chi connectivity index (χ0) is 10.6. The number of rotatable bonds is 4. The molecule has 0 saturated carbocycles. The molecule has 0 aromatic rings. The number of hydrogen-bond donors (Lipinski definition) is 2. The van der Waals surface area contributed by atoms with E-state index in [4.69, 9.17) is 19.7 Å². The lowest BCUT2D eigenvalue weighted by atomic mass is 10.0. The van der Waals surface area contributed by atoms with E-state index in [9.17, 15) is 4.79 Å². The molecule has 0 spiro atoms. The number of ether oxygens (including phenoxy) is 2. The summed E-state index contributed by atoms with van der Waals surface area (Å²) < 4.78 is 10.3. The Morgan fingerprint density at radius 1 is 1.50 bits per heavy atom. The van der Waals surface area contributed by atoms with Crippen LogP contribution in [0.25, 0.3) is 0 Å². The summed E-state index contributed by atoms with van der Waals surface area (Å²) in [6, 6.07) is 0. The van der Waals surface area contributed by atoms with Crippen LogP contribution < -0.4 is 0 Å². The highest BCUT2D eigenvalue weighted by Gasteiger charge is 2.40. The molecule has 0 unspecified atom stereocenters. The van der Waals surface area contributed by atoms with Gasteiger partial charge in [-0.2, -0.15) is 0 Å². The predicted octanol–water partition coefficient (Wildman–Crippen LogP) is 0.223. The molecule has 0 amide bonds. The van der Waals surface area contributed by atoms with Crippen molar-refractivity contribution in [2.45, 2.75) is 25.6 Å². The number of carboxylic acid groups (broad SMARTS) is 1. The topological polar surface area (TPSA) is 76.0 Å². The van der Waals surface area contributed by atoms with Crippen LogP contribution in [-0.2, 0) is 14.3 Å². The van der Waals surface area contributed by atoms with Gasteiger partial charge in [-0.15, -0.1) is 0 Å². The van der Waals surface area contributed by atoms with E-state index in [1.807, 2.05) is 0 Å². The van der Waals surface area contributed by atoms with Crippen molar-refractivity contribution in [3.8, 4) is 0 Å². The van der Waals surface area contributed by atoms with Crippen LogP contribution in [-0.4, -0.2) is 41.8 Å². The summed E-state index contributed by atoms with van der Waals surface area (Å²) in [5.74, 6) is -2.40. The van der Waals surface area contributed by atoms with Crippen LogP contribution in [0.1, 0.15) is 19.8 Å². The third kappa shape index (κ3) is 2.67. The van der Waals surface area contributed by atoms with Gasteiger partial charge in [-0.25, -0.2) is 4.79 Å². The van der Waals surface area contributed by atoms with Crippen LogP contribution in [0.2, 0.25) is 0 Å². The van der Waals surface area contributed by atoms with Gasteiger partial charge in [0, 0.05) is 19.4 Å². The number of aliphatic carboxylic acids is 1. The van der Waals surface area contributed by atoms with Gasteiger partial charge in [0.1, 0.15) is 0 Å². The second-order valence-corrected chi connectivity index (χ2v) is 3.60. The molecule has 1 aliphatic rings. The van der Waals surface area contributed by atoms with Gasteiger partial charge >= 0.3 is 5.97 Å². The van der Waals surface area contributed by atoms with Crippen molar-refractivity contribution in [3.63, 3.8) is 0 Å². The van der Waals surface area contributed by atoms with Crippen LogP contribution in [0.5, 0.6) is 0 Å². The van der Waals surface area contributed by atoms with E-state index in [1.165, 1.54) is 6.92 Å². The Balaban J connectivity index is 2.34. The molecule has 0 atom stereocenters. The van der Waals surface area contributed by atoms with Crippen LogP contribution in [0.4, 0.5) is 0 Å². The Hall–Kier alpha value is -0.650. The normalized spacial score (nSPS) is 32.9. The lowest BCUT2D eigenvalue weighted by Gasteiger charge is -2.34. The first-order valence-corrected chi connectivity index (χ1v) is 4.70. The maximum absolute atomic E-state index is 10.7. The Bertz CT molecular complexity index is 195. The fourth-order valence-corrected chi connectivity index (χ4v) is 1.31. The highest BCUT2D eigenvalue weighted by Crippen LogP contribution is 2.23. The van der Waals surface area contributed by atoms with Crippen molar-refractivity contribution >= 4 is 5.97 Å². The minimum absolute atomic E-state index is 0.146. The molecule has 0 radical (unpaired) electrons. The molecule has 0 aromatic carbocycles. The average molecular weight is 204 g/mol. The van der Waals surface area contributed by atoms with Crippen molar-refractivity contribution in [2.24, 2.45) is 5.92 Å².